The molecule has 0 unspecified atom stereocenters. The first-order chi connectivity index (χ1) is 58.0. The summed E-state index contributed by atoms with van der Waals surface area (Å²) in [5, 5.41) is 6.62. The van der Waals surface area contributed by atoms with Gasteiger partial charge < -0.3 is 32.7 Å². The highest BCUT2D eigenvalue weighted by molar-refractivity contribution is 7.02. The maximum atomic E-state index is 7.81. The van der Waals surface area contributed by atoms with Crippen LogP contribution in [0.1, 0.15) is 0 Å². The van der Waals surface area contributed by atoms with Crippen LogP contribution in [-0.4, -0.2) is 18.0 Å². The molecule has 25 rings (SSSR count). The van der Waals surface area contributed by atoms with E-state index >= 15 is 0 Å². The Labute approximate surface area is 675 Å². The van der Waals surface area contributed by atoms with Crippen LogP contribution in [0.2, 0.25) is 0 Å². The van der Waals surface area contributed by atoms with E-state index in [-0.39, 0.29) is 13.4 Å². The first kappa shape index (κ1) is 65.3. The third kappa shape index (κ3) is 10.2. The molecule has 21 aromatic rings. The zero-order valence-corrected chi connectivity index (χ0v) is 63.2. The summed E-state index contributed by atoms with van der Waals surface area (Å²) in [4.78, 5) is 5.19. The van der Waals surface area contributed by atoms with E-state index in [0.717, 1.165) is 228 Å². The molecule has 0 radical (unpaired) electrons. The molecule has 0 fully saturated rings. The van der Waals surface area contributed by atoms with E-state index in [9.17, 15) is 0 Å². The van der Waals surface area contributed by atoms with Crippen LogP contribution in [0, 0.1) is 0 Å². The molecule has 542 valence electrons. The highest BCUT2D eigenvalue weighted by atomic mass is 16.5. The number of furan rings is 2. The van der Waals surface area contributed by atoms with E-state index in [1.54, 1.807) is 0 Å². The van der Waals surface area contributed by atoms with Gasteiger partial charge in [0.05, 0.1) is 16.7 Å². The summed E-state index contributed by atoms with van der Waals surface area (Å²) in [5.41, 5.74) is 34.4. The van der Waals surface area contributed by atoms with Crippen LogP contribution >= 0.6 is 0 Å². The smallest absolute Gasteiger partial charge is 0.256 e. The molecule has 0 amide bonds. The van der Waals surface area contributed by atoms with Crippen LogP contribution in [0.15, 0.2) is 403 Å². The Hall–Kier alpha value is -15.3. The normalized spacial score (nSPS) is 12.9. The highest BCUT2D eigenvalue weighted by Gasteiger charge is 2.49. The van der Waals surface area contributed by atoms with Crippen LogP contribution in [0.4, 0.5) is 34.1 Å². The lowest BCUT2D eigenvalue weighted by Gasteiger charge is -2.45. The van der Waals surface area contributed by atoms with Gasteiger partial charge in [0, 0.05) is 83.6 Å². The molecule has 0 bridgehead atoms. The summed E-state index contributed by atoms with van der Waals surface area (Å²) in [7, 11) is 0. The molecule has 4 aliphatic heterocycles. The van der Waals surface area contributed by atoms with Gasteiger partial charge in [0.1, 0.15) is 45.3 Å². The van der Waals surface area contributed by atoms with Crippen molar-refractivity contribution in [2.45, 2.75) is 0 Å². The summed E-state index contributed by atoms with van der Waals surface area (Å²) < 4.78 is 31.2. The summed E-state index contributed by atoms with van der Waals surface area (Å²) in [5.74, 6) is 3.18. The van der Waals surface area contributed by atoms with E-state index in [1.807, 2.05) is 12.1 Å². The fourth-order valence-corrected chi connectivity index (χ4v) is 19.6. The summed E-state index contributed by atoms with van der Waals surface area (Å²) in [6.07, 6.45) is 0. The first-order valence-corrected chi connectivity index (χ1v) is 40.1. The van der Waals surface area contributed by atoms with Crippen molar-refractivity contribution in [1.29, 1.82) is 0 Å². The second kappa shape index (κ2) is 25.6. The Morgan fingerprint density at radius 2 is 0.573 bits per heavy atom. The average molecular weight is 1490 g/mol. The summed E-state index contributed by atoms with van der Waals surface area (Å²) >= 11 is 0. The van der Waals surface area contributed by atoms with Crippen molar-refractivity contribution in [3.8, 4) is 107 Å². The number of anilines is 6. The molecule has 18 aromatic carbocycles. The van der Waals surface area contributed by atoms with Gasteiger partial charge in [-0.1, -0.05) is 273 Å². The third-order valence-electron chi connectivity index (χ3n) is 24.9. The molecule has 0 atom stereocenters. The molecule has 117 heavy (non-hydrogen) atoms. The average Bonchev–Trinajstić information content (AvgIpc) is 1.30. The Morgan fingerprint density at radius 3 is 1.10 bits per heavy atom. The predicted molar refractivity (Wildman–Crippen MR) is 485 cm³/mol. The molecule has 3 aromatic heterocycles. The zero-order valence-electron chi connectivity index (χ0n) is 63.2. The van der Waals surface area contributed by atoms with Crippen molar-refractivity contribution in [3.63, 3.8) is 0 Å². The lowest BCUT2D eigenvalue weighted by Crippen LogP contribution is -2.63. The highest BCUT2D eigenvalue weighted by Crippen LogP contribution is 2.54. The molecule has 4 aliphatic rings. The minimum atomic E-state index is -0.355. The van der Waals surface area contributed by atoms with Gasteiger partial charge in [-0.25, -0.2) is 0 Å². The Bertz CT molecular complexity index is 7600. The van der Waals surface area contributed by atoms with Gasteiger partial charge in [-0.15, -0.1) is 0 Å². The zero-order chi connectivity index (χ0) is 76.5. The Morgan fingerprint density at radius 1 is 0.205 bits per heavy atom. The minimum absolute atomic E-state index is 0.351. The van der Waals surface area contributed by atoms with Gasteiger partial charge in [0.25, 0.3) is 13.4 Å². The van der Waals surface area contributed by atoms with E-state index in [4.69, 9.17) is 18.3 Å². The van der Waals surface area contributed by atoms with Gasteiger partial charge in [0.15, 0.2) is 0 Å². The lowest BCUT2D eigenvalue weighted by molar-refractivity contribution is 0.487. The van der Waals surface area contributed by atoms with E-state index in [2.05, 4.69) is 397 Å². The maximum Gasteiger partial charge on any atom is 0.256 e. The predicted octanol–water partition coefficient (Wildman–Crippen LogP) is 25.1. The fraction of sp³-hybridized carbons (Fsp3) is 0. The van der Waals surface area contributed by atoms with Crippen LogP contribution in [0.5, 0.6) is 23.0 Å². The molecule has 0 N–H and O–H groups in total. The van der Waals surface area contributed by atoms with Crippen molar-refractivity contribution in [2.24, 2.45) is 0 Å². The summed E-state index contributed by atoms with van der Waals surface area (Å²) in [6.45, 7) is -0.707. The molecule has 0 spiro atoms. The number of benzene rings is 18. The third-order valence-corrected chi connectivity index (χ3v) is 24.9. The van der Waals surface area contributed by atoms with Crippen LogP contribution in [0.3, 0.4) is 0 Å². The van der Waals surface area contributed by atoms with E-state index < -0.39 is 0 Å². The lowest BCUT2D eigenvalue weighted by atomic mass is 9.30. The van der Waals surface area contributed by atoms with Crippen LogP contribution in [-0.2, 0) is 0 Å². The Kier molecular flexibility index (Phi) is 14.3. The van der Waals surface area contributed by atoms with Crippen molar-refractivity contribution < 1.29 is 18.3 Å². The van der Waals surface area contributed by atoms with Crippen molar-refractivity contribution in [2.75, 3.05) is 9.80 Å². The van der Waals surface area contributed by atoms with E-state index in [1.165, 1.54) is 10.8 Å². The molecular formula is C108H65B2N3O4. The molecule has 7 nitrogen and oxygen atoms in total. The SMILES string of the molecule is c1ccc(-c2ccc(N3c4cc5c(cc4B4c6ccc(-n7c8ccccc8c8ccccc87)cc6Oc6cc(-c7ccc8oc9ccccc9c8c7)cc3c64)B3c4ccc(-c6ccccc6)cc4Oc4cc(-c6ccc7oc8ccccc8c7c6)cc(c43)N5c3c(-c4ccccc4)cc(-c4ccccc4)cc3-c3ccccc3)cc2)cc1. The molecule has 0 aliphatic carbocycles. The molecule has 0 saturated carbocycles. The van der Waals surface area contributed by atoms with E-state index in [0.29, 0.717) is 0 Å². The molecular weight excluding hydrogens is 1420 g/mol. The van der Waals surface area contributed by atoms with Crippen molar-refractivity contribution >= 4 is 146 Å². The molecule has 0 saturated heterocycles. The van der Waals surface area contributed by atoms with Gasteiger partial charge >= 0.3 is 0 Å². The van der Waals surface area contributed by atoms with Crippen molar-refractivity contribution in [1.82, 2.24) is 4.57 Å². The second-order valence-corrected chi connectivity index (χ2v) is 31.3. The standard InChI is InChI=1S/C108H65B2N3O4/c1-6-24-66(25-7-1)69-42-47-78(48-43-69)111-94-65-95-91(64-90(94)110-89-51-49-79(112-92-38-20-16-34-80(92)81-35-17-21-39-93(81)112)63-103(89)117-104-61-76(58-96(111)106(104)110)72-45-52-100-86(54-72)82-36-18-22-40-98(82)114-100)109-88-50-44-74(67-26-8-2-9-27-67)60-102(88)116-105-62-77(73-46-53-101-87(55-73)83-37-19-23-41-99(83)115-101)59-97(107(105)109)113(95)108-84(70-30-12-4-13-31-70)56-75(68-28-10-3-11-29-68)57-85(108)71-32-14-5-15-33-71/h1-65H. The Balaban J connectivity index is 0.819. The van der Waals surface area contributed by atoms with Crippen LogP contribution < -0.4 is 52.1 Å². The number of nitrogens with zero attached hydrogens (tertiary/aromatic N) is 3. The number of fused-ring (bicyclic) bond motifs is 17. The van der Waals surface area contributed by atoms with Crippen LogP contribution in [0.25, 0.3) is 149 Å². The molecule has 7 heterocycles. The summed E-state index contributed by atoms with van der Waals surface area (Å²) in [6, 6.07) is 144. The van der Waals surface area contributed by atoms with Gasteiger partial charge in [-0.05, 0) is 215 Å². The van der Waals surface area contributed by atoms with Gasteiger partial charge in [0.2, 0.25) is 0 Å². The van der Waals surface area contributed by atoms with Gasteiger partial charge in [-0.3, -0.25) is 0 Å². The number of ether oxygens (including phenoxy) is 2. The van der Waals surface area contributed by atoms with Crippen molar-refractivity contribution in [3.05, 3.63) is 394 Å². The number of rotatable bonds is 10. The molecule has 9 heteroatoms. The maximum absolute atomic E-state index is 7.81. The number of hydrogen-bond acceptors (Lipinski definition) is 6. The fourth-order valence-electron chi connectivity index (χ4n) is 19.6. The quantitative estimate of drug-likeness (QED) is 0.127. The van der Waals surface area contributed by atoms with Gasteiger partial charge in [-0.2, -0.15) is 0 Å². The monoisotopic (exact) mass is 1490 g/mol. The first-order valence-electron chi connectivity index (χ1n) is 40.1. The number of hydrogen-bond donors (Lipinski definition) is 0. The largest absolute Gasteiger partial charge is 0.458 e. The number of para-hydroxylation sites is 4. The number of aromatic nitrogens is 1. The topological polar surface area (TPSA) is 56.1 Å². The second-order valence-electron chi connectivity index (χ2n) is 31.3. The minimum Gasteiger partial charge on any atom is -0.458 e.